The first-order valence-corrected chi connectivity index (χ1v) is 4.12. The zero-order chi connectivity index (χ0) is 7.40. The van der Waals surface area contributed by atoms with Crippen LogP contribution in [0.5, 0.6) is 0 Å². The van der Waals surface area contributed by atoms with E-state index >= 15 is 0 Å². The van der Waals surface area contributed by atoms with Crippen molar-refractivity contribution < 1.29 is 4.79 Å². The molecule has 1 N–H and O–H groups in total. The maximum atomic E-state index is 11.1. The van der Waals surface area contributed by atoms with Crippen molar-refractivity contribution in [3.8, 4) is 0 Å². The van der Waals surface area contributed by atoms with E-state index in [0.29, 0.717) is 5.92 Å². The molecule has 0 spiro atoms. The Kier molecular flexibility index (Phi) is 2.72. The monoisotopic (exact) mass is 141 g/mol. The predicted molar refractivity (Wildman–Crippen MR) is 40.6 cm³/mol. The lowest BCUT2D eigenvalue weighted by atomic mass is 9.94. The van der Waals surface area contributed by atoms with E-state index in [9.17, 15) is 4.79 Å². The van der Waals surface area contributed by atoms with Gasteiger partial charge in [-0.25, -0.2) is 0 Å². The summed E-state index contributed by atoms with van der Waals surface area (Å²) in [6, 6.07) is 0. The molecule has 1 fully saturated rings. The number of hydrogen-bond donors (Lipinski definition) is 1. The molecule has 0 unspecified atom stereocenters. The SMILES string of the molecule is CCC[C@H]1CCCNC1=O. The van der Waals surface area contributed by atoms with Crippen LogP contribution in [-0.2, 0) is 4.79 Å². The third-order valence-electron chi connectivity index (χ3n) is 2.04. The van der Waals surface area contributed by atoms with Gasteiger partial charge in [0, 0.05) is 12.5 Å². The molecular weight excluding hydrogens is 126 g/mol. The Bertz CT molecular complexity index is 120. The van der Waals surface area contributed by atoms with E-state index in [-0.39, 0.29) is 5.91 Å². The van der Waals surface area contributed by atoms with Crippen LogP contribution in [0.15, 0.2) is 0 Å². The number of hydrogen-bond acceptors (Lipinski definition) is 1. The van der Waals surface area contributed by atoms with Gasteiger partial charge in [-0.05, 0) is 19.3 Å². The van der Waals surface area contributed by atoms with Gasteiger partial charge in [0.2, 0.25) is 5.91 Å². The first kappa shape index (κ1) is 7.58. The third kappa shape index (κ3) is 1.72. The number of rotatable bonds is 2. The van der Waals surface area contributed by atoms with Gasteiger partial charge in [0.05, 0.1) is 0 Å². The van der Waals surface area contributed by atoms with Crippen molar-refractivity contribution >= 4 is 5.91 Å². The predicted octanol–water partition coefficient (Wildman–Crippen LogP) is 1.31. The molecule has 2 nitrogen and oxygen atoms in total. The zero-order valence-corrected chi connectivity index (χ0v) is 6.52. The first-order valence-electron chi connectivity index (χ1n) is 4.12. The number of carbonyl (C=O) groups is 1. The highest BCUT2D eigenvalue weighted by atomic mass is 16.1. The smallest absolute Gasteiger partial charge is 0.223 e. The van der Waals surface area contributed by atoms with E-state index < -0.39 is 0 Å². The van der Waals surface area contributed by atoms with E-state index in [1.54, 1.807) is 0 Å². The van der Waals surface area contributed by atoms with Crippen LogP contribution in [0.25, 0.3) is 0 Å². The largest absolute Gasteiger partial charge is 0.356 e. The fourth-order valence-corrected chi connectivity index (χ4v) is 1.46. The number of carbonyl (C=O) groups excluding carboxylic acids is 1. The minimum atomic E-state index is 0.271. The summed E-state index contributed by atoms with van der Waals surface area (Å²) in [5, 5.41) is 2.88. The van der Waals surface area contributed by atoms with Crippen LogP contribution in [0.2, 0.25) is 0 Å². The van der Waals surface area contributed by atoms with Crippen molar-refractivity contribution in [1.82, 2.24) is 5.32 Å². The number of nitrogens with one attached hydrogen (secondary N) is 1. The van der Waals surface area contributed by atoms with Gasteiger partial charge in [-0.3, -0.25) is 4.79 Å². The van der Waals surface area contributed by atoms with Gasteiger partial charge in [0.15, 0.2) is 0 Å². The molecule has 0 aromatic heterocycles. The molecular formula is C8H15NO. The molecule has 2 heteroatoms. The zero-order valence-electron chi connectivity index (χ0n) is 6.52. The van der Waals surface area contributed by atoms with E-state index in [1.807, 2.05) is 0 Å². The first-order chi connectivity index (χ1) is 4.84. The topological polar surface area (TPSA) is 29.1 Å². The molecule has 0 bridgehead atoms. The van der Waals surface area contributed by atoms with Gasteiger partial charge in [0.1, 0.15) is 0 Å². The standard InChI is InChI=1S/C8H15NO/c1-2-4-7-5-3-6-9-8(7)10/h7H,2-6H2,1H3,(H,9,10)/t7-/m0/s1. The molecule has 1 aliphatic heterocycles. The molecule has 58 valence electrons. The van der Waals surface area contributed by atoms with Gasteiger partial charge in [-0.1, -0.05) is 13.3 Å². The lowest BCUT2D eigenvalue weighted by molar-refractivity contribution is -0.126. The van der Waals surface area contributed by atoms with Crippen LogP contribution >= 0.6 is 0 Å². The molecule has 0 radical (unpaired) electrons. The highest BCUT2D eigenvalue weighted by Crippen LogP contribution is 2.16. The fraction of sp³-hybridized carbons (Fsp3) is 0.875. The van der Waals surface area contributed by atoms with Gasteiger partial charge >= 0.3 is 0 Å². The summed E-state index contributed by atoms with van der Waals surface area (Å²) in [6.45, 7) is 3.01. The Labute approximate surface area is 62.0 Å². The molecule has 1 rings (SSSR count). The van der Waals surface area contributed by atoms with Crippen molar-refractivity contribution in [3.05, 3.63) is 0 Å². The highest BCUT2D eigenvalue weighted by Gasteiger charge is 2.19. The van der Waals surface area contributed by atoms with Gasteiger partial charge in [0.25, 0.3) is 0 Å². The molecule has 0 aromatic rings. The average molecular weight is 141 g/mol. The normalized spacial score (nSPS) is 26.1. The highest BCUT2D eigenvalue weighted by molar-refractivity contribution is 5.79. The second-order valence-corrected chi connectivity index (χ2v) is 2.92. The molecule has 0 saturated carbocycles. The molecule has 0 aromatic carbocycles. The Morgan fingerprint density at radius 3 is 3.10 bits per heavy atom. The number of piperidine rings is 1. The van der Waals surface area contributed by atoms with Crippen LogP contribution in [-0.4, -0.2) is 12.5 Å². The lowest BCUT2D eigenvalue weighted by Crippen LogP contribution is -2.36. The van der Waals surface area contributed by atoms with Crippen LogP contribution in [0.1, 0.15) is 32.6 Å². The summed E-state index contributed by atoms with van der Waals surface area (Å²) in [6.07, 6.45) is 4.44. The molecule has 10 heavy (non-hydrogen) atoms. The van der Waals surface area contributed by atoms with E-state index in [0.717, 1.165) is 32.2 Å². The Morgan fingerprint density at radius 2 is 2.50 bits per heavy atom. The van der Waals surface area contributed by atoms with Crippen molar-refractivity contribution in [2.45, 2.75) is 32.6 Å². The summed E-state index contributed by atoms with van der Waals surface area (Å²) in [7, 11) is 0. The second-order valence-electron chi connectivity index (χ2n) is 2.92. The van der Waals surface area contributed by atoms with E-state index in [4.69, 9.17) is 0 Å². The minimum Gasteiger partial charge on any atom is -0.356 e. The maximum Gasteiger partial charge on any atom is 0.223 e. The minimum absolute atomic E-state index is 0.271. The average Bonchev–Trinajstić information content (AvgIpc) is 1.94. The summed E-state index contributed by atoms with van der Waals surface area (Å²) >= 11 is 0. The lowest BCUT2D eigenvalue weighted by Gasteiger charge is -2.20. The van der Waals surface area contributed by atoms with Crippen LogP contribution in [0.3, 0.4) is 0 Å². The van der Waals surface area contributed by atoms with Crippen molar-refractivity contribution in [2.24, 2.45) is 5.92 Å². The molecule has 1 heterocycles. The van der Waals surface area contributed by atoms with E-state index in [1.165, 1.54) is 0 Å². The quantitative estimate of drug-likeness (QED) is 0.617. The van der Waals surface area contributed by atoms with Crippen molar-refractivity contribution in [1.29, 1.82) is 0 Å². The molecule has 1 amide bonds. The maximum absolute atomic E-state index is 11.1. The molecule has 1 saturated heterocycles. The molecule has 1 atom stereocenters. The van der Waals surface area contributed by atoms with Crippen LogP contribution < -0.4 is 5.32 Å². The summed E-state index contributed by atoms with van der Waals surface area (Å²) in [5.74, 6) is 0.590. The van der Waals surface area contributed by atoms with Crippen LogP contribution in [0, 0.1) is 5.92 Å². The summed E-state index contributed by atoms with van der Waals surface area (Å²) in [4.78, 5) is 11.1. The second kappa shape index (κ2) is 3.59. The Hall–Kier alpha value is -0.530. The Morgan fingerprint density at radius 1 is 1.70 bits per heavy atom. The number of amides is 1. The van der Waals surface area contributed by atoms with Crippen molar-refractivity contribution in [3.63, 3.8) is 0 Å². The molecule has 1 aliphatic rings. The van der Waals surface area contributed by atoms with Crippen LogP contribution in [0.4, 0.5) is 0 Å². The van der Waals surface area contributed by atoms with Gasteiger partial charge < -0.3 is 5.32 Å². The third-order valence-corrected chi connectivity index (χ3v) is 2.04. The Balaban J connectivity index is 2.32. The summed E-state index contributed by atoms with van der Waals surface area (Å²) in [5.41, 5.74) is 0. The fourth-order valence-electron chi connectivity index (χ4n) is 1.46. The van der Waals surface area contributed by atoms with Gasteiger partial charge in [-0.15, -0.1) is 0 Å². The molecule has 0 aliphatic carbocycles. The van der Waals surface area contributed by atoms with Gasteiger partial charge in [-0.2, -0.15) is 0 Å². The summed E-state index contributed by atoms with van der Waals surface area (Å²) < 4.78 is 0. The van der Waals surface area contributed by atoms with Crippen molar-refractivity contribution in [2.75, 3.05) is 6.54 Å². The van der Waals surface area contributed by atoms with E-state index in [2.05, 4.69) is 12.2 Å².